The van der Waals surface area contributed by atoms with Gasteiger partial charge in [0.05, 0.1) is 19.8 Å². The van der Waals surface area contributed by atoms with E-state index in [0.717, 1.165) is 13.1 Å². The van der Waals surface area contributed by atoms with Crippen LogP contribution in [-0.2, 0) is 14.3 Å². The molecular formula is C14H26N2O3. The van der Waals surface area contributed by atoms with Crippen LogP contribution in [0, 0.1) is 0 Å². The highest BCUT2D eigenvalue weighted by molar-refractivity contribution is 5.80. The first-order valence-electron chi connectivity index (χ1n) is 7.52. The molecule has 0 aliphatic carbocycles. The van der Waals surface area contributed by atoms with Gasteiger partial charge in [-0.15, -0.1) is 0 Å². The molecule has 19 heavy (non-hydrogen) atoms. The lowest BCUT2D eigenvalue weighted by molar-refractivity contribution is -0.147. The summed E-state index contributed by atoms with van der Waals surface area (Å²) in [6, 6.07) is 0.694. The number of carbonyl (C=O) groups is 1. The van der Waals surface area contributed by atoms with Crippen molar-refractivity contribution in [3.8, 4) is 0 Å². The smallest absolute Gasteiger partial charge is 0.251 e. The van der Waals surface area contributed by atoms with Gasteiger partial charge in [0.15, 0.2) is 6.10 Å². The van der Waals surface area contributed by atoms with Crippen molar-refractivity contribution in [2.75, 3.05) is 39.5 Å². The van der Waals surface area contributed by atoms with Crippen LogP contribution in [0.25, 0.3) is 0 Å². The summed E-state index contributed by atoms with van der Waals surface area (Å²) >= 11 is 0. The molecule has 5 nitrogen and oxygen atoms in total. The van der Waals surface area contributed by atoms with Crippen molar-refractivity contribution in [3.63, 3.8) is 0 Å². The van der Waals surface area contributed by atoms with E-state index in [1.54, 1.807) is 0 Å². The van der Waals surface area contributed by atoms with Crippen LogP contribution < -0.4 is 5.32 Å². The molecule has 2 aliphatic heterocycles. The molecule has 1 amide bonds. The Morgan fingerprint density at radius 3 is 3.00 bits per heavy atom. The minimum absolute atomic E-state index is 0.0373. The molecule has 2 fully saturated rings. The van der Waals surface area contributed by atoms with E-state index in [9.17, 15) is 4.79 Å². The number of rotatable bonds is 5. The van der Waals surface area contributed by atoms with Crippen molar-refractivity contribution in [1.82, 2.24) is 10.2 Å². The number of likely N-dealkylation sites (tertiary alicyclic amines) is 1. The fourth-order valence-electron chi connectivity index (χ4n) is 2.89. The van der Waals surface area contributed by atoms with E-state index in [0.29, 0.717) is 32.4 Å². The van der Waals surface area contributed by atoms with Crippen LogP contribution in [0.1, 0.15) is 32.6 Å². The van der Waals surface area contributed by atoms with Crippen LogP contribution in [0.3, 0.4) is 0 Å². The monoisotopic (exact) mass is 270 g/mol. The van der Waals surface area contributed by atoms with Crippen LogP contribution in [0.5, 0.6) is 0 Å². The zero-order valence-electron chi connectivity index (χ0n) is 11.9. The third-order valence-corrected chi connectivity index (χ3v) is 4.03. The van der Waals surface area contributed by atoms with Crippen LogP contribution in [-0.4, -0.2) is 62.4 Å². The maximum absolute atomic E-state index is 11.9. The molecule has 110 valence electrons. The molecule has 0 bridgehead atoms. The zero-order chi connectivity index (χ0) is 13.5. The molecule has 0 saturated carbocycles. The second kappa shape index (κ2) is 7.82. The second-order valence-electron chi connectivity index (χ2n) is 5.32. The first-order valence-corrected chi connectivity index (χ1v) is 7.52. The maximum Gasteiger partial charge on any atom is 0.251 e. The van der Waals surface area contributed by atoms with Gasteiger partial charge in [0.25, 0.3) is 5.91 Å². The van der Waals surface area contributed by atoms with E-state index in [2.05, 4.69) is 17.1 Å². The number of nitrogens with one attached hydrogen (secondary N) is 1. The molecule has 0 spiro atoms. The zero-order valence-corrected chi connectivity index (χ0v) is 11.9. The van der Waals surface area contributed by atoms with E-state index in [1.165, 1.54) is 25.7 Å². The van der Waals surface area contributed by atoms with Crippen LogP contribution in [0.15, 0.2) is 0 Å². The molecule has 2 unspecified atom stereocenters. The van der Waals surface area contributed by atoms with Gasteiger partial charge in [-0.2, -0.15) is 0 Å². The molecule has 0 radical (unpaired) electrons. The normalized spacial score (nSPS) is 29.1. The Balaban J connectivity index is 1.65. The van der Waals surface area contributed by atoms with Crippen molar-refractivity contribution in [1.29, 1.82) is 0 Å². The van der Waals surface area contributed by atoms with Crippen molar-refractivity contribution < 1.29 is 14.3 Å². The van der Waals surface area contributed by atoms with Gasteiger partial charge in [-0.05, 0) is 25.8 Å². The molecule has 0 aromatic carbocycles. The molecule has 2 rings (SSSR count). The van der Waals surface area contributed by atoms with Gasteiger partial charge in [-0.1, -0.05) is 13.3 Å². The SMILES string of the molecule is CCC1CCCCN1CCNC(=O)C1COCCO1. The van der Waals surface area contributed by atoms with Crippen molar-refractivity contribution >= 4 is 5.91 Å². The van der Waals surface area contributed by atoms with Gasteiger partial charge in [0.1, 0.15) is 0 Å². The first kappa shape index (κ1) is 14.8. The molecule has 2 saturated heterocycles. The van der Waals surface area contributed by atoms with Crippen molar-refractivity contribution in [2.24, 2.45) is 0 Å². The number of nitrogens with zero attached hydrogens (tertiary/aromatic N) is 1. The minimum atomic E-state index is -0.419. The van der Waals surface area contributed by atoms with Gasteiger partial charge < -0.3 is 14.8 Å². The van der Waals surface area contributed by atoms with E-state index in [-0.39, 0.29) is 5.91 Å². The van der Waals surface area contributed by atoms with Crippen LogP contribution in [0.2, 0.25) is 0 Å². The number of hydrogen-bond donors (Lipinski definition) is 1. The number of ether oxygens (including phenoxy) is 2. The third-order valence-electron chi connectivity index (χ3n) is 4.03. The number of amides is 1. The quantitative estimate of drug-likeness (QED) is 0.802. The standard InChI is InChI=1S/C14H26N2O3/c1-2-12-5-3-4-7-16(12)8-6-15-14(17)13-11-18-9-10-19-13/h12-13H,2-11H2,1H3,(H,15,17). The van der Waals surface area contributed by atoms with Crippen LogP contribution in [0.4, 0.5) is 0 Å². The summed E-state index contributed by atoms with van der Waals surface area (Å²) in [7, 11) is 0. The summed E-state index contributed by atoms with van der Waals surface area (Å²) in [4.78, 5) is 14.4. The summed E-state index contributed by atoms with van der Waals surface area (Å²) in [6.07, 6.45) is 4.70. The Morgan fingerprint density at radius 2 is 2.26 bits per heavy atom. The van der Waals surface area contributed by atoms with E-state index in [4.69, 9.17) is 9.47 Å². The Morgan fingerprint density at radius 1 is 1.37 bits per heavy atom. The summed E-state index contributed by atoms with van der Waals surface area (Å²) in [5, 5.41) is 2.96. The van der Waals surface area contributed by atoms with E-state index in [1.807, 2.05) is 0 Å². The highest BCUT2D eigenvalue weighted by Gasteiger charge is 2.23. The molecule has 0 aromatic rings. The molecule has 5 heteroatoms. The fourth-order valence-corrected chi connectivity index (χ4v) is 2.89. The Kier molecular flexibility index (Phi) is 6.07. The fraction of sp³-hybridized carbons (Fsp3) is 0.929. The van der Waals surface area contributed by atoms with Gasteiger partial charge in [-0.3, -0.25) is 9.69 Å². The average molecular weight is 270 g/mol. The summed E-state index contributed by atoms with van der Waals surface area (Å²) in [5.41, 5.74) is 0. The highest BCUT2D eigenvalue weighted by atomic mass is 16.6. The van der Waals surface area contributed by atoms with Gasteiger partial charge >= 0.3 is 0 Å². The van der Waals surface area contributed by atoms with Crippen molar-refractivity contribution in [2.45, 2.75) is 44.8 Å². The molecule has 2 heterocycles. The maximum atomic E-state index is 11.9. The van der Waals surface area contributed by atoms with Gasteiger partial charge in [0.2, 0.25) is 0 Å². The Labute approximate surface area is 115 Å². The lowest BCUT2D eigenvalue weighted by atomic mass is 10.0. The number of carbonyl (C=O) groups excluding carboxylic acids is 1. The molecule has 2 aliphatic rings. The second-order valence-corrected chi connectivity index (χ2v) is 5.32. The lowest BCUT2D eigenvalue weighted by Gasteiger charge is -2.35. The predicted molar refractivity (Wildman–Crippen MR) is 73.1 cm³/mol. The Hall–Kier alpha value is -0.650. The molecular weight excluding hydrogens is 244 g/mol. The van der Waals surface area contributed by atoms with E-state index >= 15 is 0 Å². The average Bonchev–Trinajstić information content (AvgIpc) is 2.48. The first-order chi connectivity index (χ1) is 9.31. The molecule has 2 atom stereocenters. The summed E-state index contributed by atoms with van der Waals surface area (Å²) in [6.45, 7) is 6.55. The van der Waals surface area contributed by atoms with Crippen LogP contribution >= 0.6 is 0 Å². The van der Waals surface area contributed by atoms with Crippen molar-refractivity contribution in [3.05, 3.63) is 0 Å². The number of piperidine rings is 1. The molecule has 0 aromatic heterocycles. The number of hydrogen-bond acceptors (Lipinski definition) is 4. The lowest BCUT2D eigenvalue weighted by Crippen LogP contribution is -2.47. The van der Waals surface area contributed by atoms with Gasteiger partial charge in [0, 0.05) is 19.1 Å². The summed E-state index contributed by atoms with van der Waals surface area (Å²) in [5.74, 6) is -0.0373. The van der Waals surface area contributed by atoms with E-state index < -0.39 is 6.10 Å². The van der Waals surface area contributed by atoms with Gasteiger partial charge in [-0.25, -0.2) is 0 Å². The molecule has 1 N–H and O–H groups in total. The Bertz CT molecular complexity index is 280. The topological polar surface area (TPSA) is 50.8 Å². The summed E-state index contributed by atoms with van der Waals surface area (Å²) < 4.78 is 10.6. The minimum Gasteiger partial charge on any atom is -0.376 e. The predicted octanol–water partition coefficient (Wildman–Crippen LogP) is 0.783. The highest BCUT2D eigenvalue weighted by Crippen LogP contribution is 2.18. The largest absolute Gasteiger partial charge is 0.376 e. The third kappa shape index (κ3) is 4.44.